The first-order valence-corrected chi connectivity index (χ1v) is 6.28. The van der Waals surface area contributed by atoms with Gasteiger partial charge in [-0.25, -0.2) is 18.7 Å². The summed E-state index contributed by atoms with van der Waals surface area (Å²) in [5.74, 6) is 0. The molecule has 0 saturated carbocycles. The van der Waals surface area contributed by atoms with Crippen LogP contribution in [-0.4, -0.2) is 21.3 Å². The predicted octanol–water partition coefficient (Wildman–Crippen LogP) is 0.701. The highest BCUT2D eigenvalue weighted by Crippen LogP contribution is 2.27. The summed E-state index contributed by atoms with van der Waals surface area (Å²) in [4.78, 5) is 4.51. The minimum Gasteiger partial charge on any atom is -0.385 e. The van der Waals surface area contributed by atoms with Crippen LogP contribution in [0.15, 0.2) is 14.9 Å². The van der Waals surface area contributed by atoms with Crippen molar-refractivity contribution in [2.75, 3.05) is 7.05 Å². The van der Waals surface area contributed by atoms with E-state index in [9.17, 15) is 9.32 Å². The molecule has 5 nitrogen and oxygen atoms in total. The molecule has 0 amide bonds. The van der Waals surface area contributed by atoms with Crippen molar-refractivity contribution in [3.63, 3.8) is 0 Å². The lowest BCUT2D eigenvalue weighted by molar-refractivity contribution is 0.0823. The molecule has 0 aliphatic heterocycles. The van der Waals surface area contributed by atoms with Crippen LogP contribution in [0.2, 0.25) is 0 Å². The average Bonchev–Trinajstić information content (AvgIpc) is 2.51. The molecule has 0 bridgehead atoms. The molecule has 0 radical (unpaired) electrons. The SMILES string of the molecule is CN=S(N)(=O)c1ncc(C(C)(C)O)s1. The van der Waals surface area contributed by atoms with Crippen molar-refractivity contribution in [2.24, 2.45) is 9.50 Å². The highest BCUT2D eigenvalue weighted by molar-refractivity contribution is 7.93. The molecule has 7 heteroatoms. The third-order valence-electron chi connectivity index (χ3n) is 1.61. The van der Waals surface area contributed by atoms with Crippen molar-refractivity contribution in [3.8, 4) is 0 Å². The molecule has 0 aliphatic carbocycles. The fraction of sp³-hybridized carbons (Fsp3) is 0.571. The lowest BCUT2D eigenvalue weighted by Crippen LogP contribution is -2.13. The summed E-state index contributed by atoms with van der Waals surface area (Å²) in [6.45, 7) is 3.26. The van der Waals surface area contributed by atoms with Crippen LogP contribution in [0.25, 0.3) is 0 Å². The van der Waals surface area contributed by atoms with Gasteiger partial charge in [0.2, 0.25) is 4.34 Å². The van der Waals surface area contributed by atoms with Crippen LogP contribution in [0, 0.1) is 0 Å². The molecule has 0 aromatic carbocycles. The van der Waals surface area contributed by atoms with Crippen molar-refractivity contribution in [2.45, 2.75) is 23.8 Å². The van der Waals surface area contributed by atoms with Gasteiger partial charge in [-0.15, -0.1) is 11.3 Å². The zero-order chi connectivity index (χ0) is 11.0. The third-order valence-corrected chi connectivity index (χ3v) is 4.83. The van der Waals surface area contributed by atoms with E-state index in [1.165, 1.54) is 13.2 Å². The Morgan fingerprint density at radius 2 is 2.29 bits per heavy atom. The standard InChI is InChI=1S/C7H13N3O2S2/c1-7(2,11)5-4-10-6(13-5)14(8,12)9-3/h4,11H,1-3H3,(H2,8,9,12). The zero-order valence-corrected chi connectivity index (χ0v) is 9.85. The van der Waals surface area contributed by atoms with Gasteiger partial charge in [0, 0.05) is 13.2 Å². The van der Waals surface area contributed by atoms with E-state index in [-0.39, 0.29) is 4.34 Å². The maximum Gasteiger partial charge on any atom is 0.204 e. The molecule has 1 atom stereocenters. The quantitative estimate of drug-likeness (QED) is 0.790. The van der Waals surface area contributed by atoms with Gasteiger partial charge in [-0.05, 0) is 13.8 Å². The Hall–Kier alpha value is -0.500. The van der Waals surface area contributed by atoms with Crippen LogP contribution in [0.3, 0.4) is 0 Å². The molecule has 14 heavy (non-hydrogen) atoms. The first kappa shape index (κ1) is 11.6. The summed E-state index contributed by atoms with van der Waals surface area (Å²) >= 11 is 1.12. The van der Waals surface area contributed by atoms with Gasteiger partial charge >= 0.3 is 0 Å². The number of aliphatic hydroxyl groups is 1. The molecular formula is C7H13N3O2S2. The van der Waals surface area contributed by atoms with Gasteiger partial charge in [0.1, 0.15) is 0 Å². The summed E-state index contributed by atoms with van der Waals surface area (Å²) in [7, 11) is -1.48. The predicted molar refractivity (Wildman–Crippen MR) is 56.3 cm³/mol. The van der Waals surface area contributed by atoms with Crippen molar-refractivity contribution in [3.05, 3.63) is 11.1 Å². The first-order chi connectivity index (χ1) is 6.27. The van der Waals surface area contributed by atoms with E-state index in [1.54, 1.807) is 13.8 Å². The topological polar surface area (TPSA) is 88.6 Å². The molecule has 1 unspecified atom stereocenters. The number of hydrogen-bond donors (Lipinski definition) is 2. The number of thiazole rings is 1. The molecule has 0 spiro atoms. The number of rotatable bonds is 2. The summed E-state index contributed by atoms with van der Waals surface area (Å²) in [5.41, 5.74) is -0.987. The first-order valence-electron chi connectivity index (χ1n) is 3.89. The Labute approximate surface area is 87.3 Å². The van der Waals surface area contributed by atoms with E-state index in [0.717, 1.165) is 11.3 Å². The third kappa shape index (κ3) is 2.30. The highest BCUT2D eigenvalue weighted by Gasteiger charge is 2.21. The second-order valence-corrected chi connectivity index (χ2v) is 6.48. The van der Waals surface area contributed by atoms with Crippen LogP contribution < -0.4 is 5.14 Å². The fourth-order valence-electron chi connectivity index (χ4n) is 0.754. The van der Waals surface area contributed by atoms with Gasteiger partial charge in [0.25, 0.3) is 0 Å². The normalized spacial score (nSPS) is 16.4. The van der Waals surface area contributed by atoms with Gasteiger partial charge in [-0.1, -0.05) is 0 Å². The fourth-order valence-corrected chi connectivity index (χ4v) is 2.73. The van der Waals surface area contributed by atoms with E-state index in [2.05, 4.69) is 9.35 Å². The van der Waals surface area contributed by atoms with Crippen molar-refractivity contribution < 1.29 is 9.32 Å². The summed E-state index contributed by atoms with van der Waals surface area (Å²) in [5, 5.41) is 15.1. The van der Waals surface area contributed by atoms with Crippen LogP contribution in [0.5, 0.6) is 0 Å². The van der Waals surface area contributed by atoms with Crippen LogP contribution in [0.4, 0.5) is 0 Å². The maximum absolute atomic E-state index is 11.6. The molecule has 0 aliphatic rings. The Bertz CT molecular complexity index is 438. The molecule has 1 rings (SSSR count). The molecule has 0 saturated heterocycles. The van der Waals surface area contributed by atoms with Crippen molar-refractivity contribution >= 4 is 21.3 Å². The summed E-state index contributed by atoms with van der Waals surface area (Å²) in [6.07, 6.45) is 1.47. The monoisotopic (exact) mass is 235 g/mol. The Kier molecular flexibility index (Phi) is 2.96. The minimum absolute atomic E-state index is 0.247. The minimum atomic E-state index is -2.87. The number of nitrogens with two attached hydrogens (primary N) is 1. The zero-order valence-electron chi connectivity index (χ0n) is 8.22. The van der Waals surface area contributed by atoms with E-state index < -0.39 is 15.5 Å². The van der Waals surface area contributed by atoms with Crippen molar-refractivity contribution in [1.82, 2.24) is 4.98 Å². The second-order valence-electron chi connectivity index (χ2n) is 3.30. The van der Waals surface area contributed by atoms with E-state index in [1.807, 2.05) is 0 Å². The maximum atomic E-state index is 11.6. The van der Waals surface area contributed by atoms with Crippen LogP contribution in [-0.2, 0) is 15.5 Å². The smallest absolute Gasteiger partial charge is 0.204 e. The molecule has 3 N–H and O–H groups in total. The van der Waals surface area contributed by atoms with Gasteiger partial charge in [0.05, 0.1) is 10.5 Å². The largest absolute Gasteiger partial charge is 0.385 e. The molecule has 1 heterocycles. The van der Waals surface area contributed by atoms with Crippen molar-refractivity contribution in [1.29, 1.82) is 0 Å². The Balaban J connectivity index is 3.20. The highest BCUT2D eigenvalue weighted by atomic mass is 32.2. The number of aromatic nitrogens is 1. The lowest BCUT2D eigenvalue weighted by Gasteiger charge is -2.12. The summed E-state index contributed by atoms with van der Waals surface area (Å²) < 4.78 is 15.4. The Morgan fingerprint density at radius 1 is 1.71 bits per heavy atom. The Morgan fingerprint density at radius 3 is 2.64 bits per heavy atom. The van der Waals surface area contributed by atoms with E-state index in [0.29, 0.717) is 4.88 Å². The van der Waals surface area contributed by atoms with Gasteiger partial charge < -0.3 is 5.11 Å². The van der Waals surface area contributed by atoms with Gasteiger partial charge in [-0.2, -0.15) is 0 Å². The second kappa shape index (κ2) is 3.58. The molecule has 1 aromatic rings. The van der Waals surface area contributed by atoms with Crippen LogP contribution >= 0.6 is 11.3 Å². The van der Waals surface area contributed by atoms with Crippen LogP contribution in [0.1, 0.15) is 18.7 Å². The number of hydrogen-bond acceptors (Lipinski definition) is 5. The average molecular weight is 235 g/mol. The van der Waals surface area contributed by atoms with E-state index in [4.69, 9.17) is 5.14 Å². The number of nitrogens with zero attached hydrogens (tertiary/aromatic N) is 2. The van der Waals surface area contributed by atoms with E-state index >= 15 is 0 Å². The lowest BCUT2D eigenvalue weighted by atomic mass is 10.1. The molecule has 80 valence electrons. The molecular weight excluding hydrogens is 222 g/mol. The molecule has 1 aromatic heterocycles. The summed E-state index contributed by atoms with van der Waals surface area (Å²) in [6, 6.07) is 0. The van der Waals surface area contributed by atoms with Gasteiger partial charge in [-0.3, -0.25) is 0 Å². The van der Waals surface area contributed by atoms with Gasteiger partial charge in [0.15, 0.2) is 9.92 Å². The molecule has 0 fully saturated rings.